The van der Waals surface area contributed by atoms with E-state index < -0.39 is 0 Å². The summed E-state index contributed by atoms with van der Waals surface area (Å²) in [6, 6.07) is 0.736. The first-order valence-corrected chi connectivity index (χ1v) is 5.33. The van der Waals surface area contributed by atoms with Crippen molar-refractivity contribution in [1.29, 1.82) is 0 Å². The molecule has 0 aliphatic heterocycles. The predicted molar refractivity (Wildman–Crippen MR) is 51.6 cm³/mol. The van der Waals surface area contributed by atoms with Crippen LogP contribution in [0.4, 0.5) is 0 Å². The molecule has 2 nitrogen and oxygen atoms in total. The minimum absolute atomic E-state index is 0.277. The fourth-order valence-corrected chi connectivity index (χ4v) is 1.74. The third-order valence-corrected chi connectivity index (χ3v) is 2.82. The topological polar surface area (TPSA) is 23.5 Å². The van der Waals surface area contributed by atoms with E-state index in [0.717, 1.165) is 31.4 Å². The number of hydrogen-bond acceptors (Lipinski definition) is 2. The Morgan fingerprint density at radius 2 is 2.08 bits per heavy atom. The molecular formula is C9H18ClNO. The molecule has 1 saturated carbocycles. The van der Waals surface area contributed by atoms with E-state index in [9.17, 15) is 0 Å². The second kappa shape index (κ2) is 5.79. The zero-order valence-corrected chi connectivity index (χ0v) is 8.26. The standard InChI is InChI=1S/C9H18ClNO/c10-5-2-6-11(7-8-12)9-3-1-4-9/h9,12H,1-8H2. The van der Waals surface area contributed by atoms with Gasteiger partial charge in [0.2, 0.25) is 0 Å². The lowest BCUT2D eigenvalue weighted by molar-refractivity contribution is 0.102. The van der Waals surface area contributed by atoms with Crippen molar-refractivity contribution in [3.8, 4) is 0 Å². The maximum Gasteiger partial charge on any atom is 0.0558 e. The molecule has 3 heteroatoms. The summed E-state index contributed by atoms with van der Waals surface area (Å²) < 4.78 is 0. The van der Waals surface area contributed by atoms with Gasteiger partial charge in [0.25, 0.3) is 0 Å². The van der Waals surface area contributed by atoms with Crippen molar-refractivity contribution in [2.24, 2.45) is 0 Å². The Hall–Kier alpha value is 0.210. The average molecular weight is 192 g/mol. The highest BCUT2D eigenvalue weighted by Crippen LogP contribution is 2.24. The molecule has 1 aliphatic carbocycles. The molecule has 0 aromatic heterocycles. The lowest BCUT2D eigenvalue weighted by Crippen LogP contribution is -2.42. The molecule has 0 heterocycles. The summed E-state index contributed by atoms with van der Waals surface area (Å²) in [6.07, 6.45) is 5.01. The fourth-order valence-electron chi connectivity index (χ4n) is 1.62. The van der Waals surface area contributed by atoms with Crippen LogP contribution in [0.15, 0.2) is 0 Å². The number of hydrogen-bond donors (Lipinski definition) is 1. The van der Waals surface area contributed by atoms with Crippen LogP contribution in [0, 0.1) is 0 Å². The van der Waals surface area contributed by atoms with Crippen LogP contribution < -0.4 is 0 Å². The van der Waals surface area contributed by atoms with E-state index in [1.54, 1.807) is 0 Å². The number of aliphatic hydroxyl groups is 1. The Morgan fingerprint density at radius 1 is 1.33 bits per heavy atom. The minimum atomic E-state index is 0.277. The summed E-state index contributed by atoms with van der Waals surface area (Å²) in [5, 5.41) is 8.83. The van der Waals surface area contributed by atoms with Crippen LogP contribution >= 0.6 is 11.6 Å². The van der Waals surface area contributed by atoms with Crippen LogP contribution in [-0.4, -0.2) is 41.6 Å². The first-order valence-electron chi connectivity index (χ1n) is 4.79. The maximum atomic E-state index is 8.83. The van der Waals surface area contributed by atoms with Crippen molar-refractivity contribution >= 4 is 11.6 Å². The molecule has 12 heavy (non-hydrogen) atoms. The third kappa shape index (κ3) is 2.92. The Morgan fingerprint density at radius 3 is 2.50 bits per heavy atom. The summed E-state index contributed by atoms with van der Waals surface area (Å²) >= 11 is 5.62. The van der Waals surface area contributed by atoms with E-state index in [1.165, 1.54) is 19.3 Å². The van der Waals surface area contributed by atoms with Gasteiger partial charge >= 0.3 is 0 Å². The van der Waals surface area contributed by atoms with Gasteiger partial charge < -0.3 is 5.11 Å². The van der Waals surface area contributed by atoms with Gasteiger partial charge in [0.05, 0.1) is 6.61 Å². The molecule has 72 valence electrons. The smallest absolute Gasteiger partial charge is 0.0558 e. The van der Waals surface area contributed by atoms with Crippen LogP contribution in [0.1, 0.15) is 25.7 Å². The SMILES string of the molecule is OCCN(CCCCl)C1CCC1. The van der Waals surface area contributed by atoms with Crippen molar-refractivity contribution in [1.82, 2.24) is 4.90 Å². The van der Waals surface area contributed by atoms with Crippen molar-refractivity contribution in [3.05, 3.63) is 0 Å². The molecule has 0 atom stereocenters. The highest BCUT2D eigenvalue weighted by Gasteiger charge is 2.23. The predicted octanol–water partition coefficient (Wildman–Crippen LogP) is 1.46. The Kier molecular flexibility index (Phi) is 4.96. The van der Waals surface area contributed by atoms with Crippen LogP contribution in [0.2, 0.25) is 0 Å². The summed E-state index contributed by atoms with van der Waals surface area (Å²) in [5.41, 5.74) is 0. The molecule has 0 bridgehead atoms. The molecular weight excluding hydrogens is 174 g/mol. The van der Waals surface area contributed by atoms with Gasteiger partial charge in [-0.05, 0) is 25.8 Å². The van der Waals surface area contributed by atoms with Crippen molar-refractivity contribution in [2.75, 3.05) is 25.6 Å². The lowest BCUT2D eigenvalue weighted by Gasteiger charge is -2.37. The number of halogens is 1. The number of nitrogens with zero attached hydrogens (tertiary/aromatic N) is 1. The van der Waals surface area contributed by atoms with E-state index in [0.29, 0.717) is 0 Å². The molecule has 1 rings (SSSR count). The Bertz CT molecular complexity index is 117. The van der Waals surface area contributed by atoms with E-state index in [2.05, 4.69) is 4.90 Å². The third-order valence-electron chi connectivity index (χ3n) is 2.56. The highest BCUT2D eigenvalue weighted by molar-refractivity contribution is 6.17. The molecule has 0 aromatic rings. The minimum Gasteiger partial charge on any atom is -0.395 e. The lowest BCUT2D eigenvalue weighted by atomic mass is 9.91. The summed E-state index contributed by atoms with van der Waals surface area (Å²) in [4.78, 5) is 2.37. The van der Waals surface area contributed by atoms with Gasteiger partial charge in [-0.2, -0.15) is 0 Å². The van der Waals surface area contributed by atoms with Gasteiger partial charge in [0.1, 0.15) is 0 Å². The molecule has 0 radical (unpaired) electrons. The van der Waals surface area contributed by atoms with Crippen LogP contribution in [0.25, 0.3) is 0 Å². The fraction of sp³-hybridized carbons (Fsp3) is 1.00. The molecule has 0 saturated heterocycles. The summed E-state index contributed by atoms with van der Waals surface area (Å²) in [6.45, 7) is 2.15. The van der Waals surface area contributed by atoms with Gasteiger partial charge in [-0.1, -0.05) is 6.42 Å². The van der Waals surface area contributed by atoms with Gasteiger partial charge in [0, 0.05) is 18.5 Å². The first kappa shape index (κ1) is 10.3. The average Bonchev–Trinajstić information content (AvgIpc) is 1.97. The van der Waals surface area contributed by atoms with Gasteiger partial charge in [0.15, 0.2) is 0 Å². The number of alkyl halides is 1. The Balaban J connectivity index is 2.17. The second-order valence-electron chi connectivity index (χ2n) is 3.39. The Labute approximate surface area is 79.5 Å². The molecule has 1 fully saturated rings. The van der Waals surface area contributed by atoms with Crippen LogP contribution in [0.5, 0.6) is 0 Å². The molecule has 0 unspecified atom stereocenters. The van der Waals surface area contributed by atoms with Gasteiger partial charge in [-0.3, -0.25) is 4.90 Å². The molecule has 0 amide bonds. The summed E-state index contributed by atoms with van der Waals surface area (Å²) in [7, 11) is 0. The van der Waals surface area contributed by atoms with E-state index >= 15 is 0 Å². The largest absolute Gasteiger partial charge is 0.395 e. The van der Waals surface area contributed by atoms with E-state index in [4.69, 9.17) is 16.7 Å². The van der Waals surface area contributed by atoms with Crippen molar-refractivity contribution in [3.63, 3.8) is 0 Å². The quantitative estimate of drug-likeness (QED) is 0.643. The van der Waals surface area contributed by atoms with Gasteiger partial charge in [-0.15, -0.1) is 11.6 Å². The van der Waals surface area contributed by atoms with Gasteiger partial charge in [-0.25, -0.2) is 0 Å². The zero-order chi connectivity index (χ0) is 8.81. The zero-order valence-electron chi connectivity index (χ0n) is 7.51. The highest BCUT2D eigenvalue weighted by atomic mass is 35.5. The second-order valence-corrected chi connectivity index (χ2v) is 3.76. The molecule has 1 N–H and O–H groups in total. The maximum absolute atomic E-state index is 8.83. The normalized spacial score (nSPS) is 18.2. The molecule has 0 spiro atoms. The molecule has 1 aliphatic rings. The number of aliphatic hydroxyl groups excluding tert-OH is 1. The molecule has 0 aromatic carbocycles. The van der Waals surface area contributed by atoms with Crippen molar-refractivity contribution in [2.45, 2.75) is 31.7 Å². The van der Waals surface area contributed by atoms with E-state index in [-0.39, 0.29) is 6.61 Å². The monoisotopic (exact) mass is 191 g/mol. The van der Waals surface area contributed by atoms with Crippen LogP contribution in [-0.2, 0) is 0 Å². The van der Waals surface area contributed by atoms with E-state index in [1.807, 2.05) is 0 Å². The first-order chi connectivity index (χ1) is 5.88. The van der Waals surface area contributed by atoms with Crippen molar-refractivity contribution < 1.29 is 5.11 Å². The summed E-state index contributed by atoms with van der Waals surface area (Å²) in [5.74, 6) is 0.731. The number of rotatable bonds is 6. The van der Waals surface area contributed by atoms with Crippen LogP contribution in [0.3, 0.4) is 0 Å².